The smallest absolute Gasteiger partial charge is 0.351 e. The molecular weight excluding hydrogens is 477 g/mol. The van der Waals surface area contributed by atoms with Crippen LogP contribution >= 0.6 is 15.9 Å². The second-order valence-corrected chi connectivity index (χ2v) is 7.49. The van der Waals surface area contributed by atoms with Crippen LogP contribution in [0.25, 0.3) is 16.9 Å². The second kappa shape index (κ2) is 8.50. The number of alkyl halides is 3. The first-order chi connectivity index (χ1) is 14.8. The van der Waals surface area contributed by atoms with Crippen LogP contribution in [-0.2, 0) is 12.7 Å². The molecule has 0 aliphatic heterocycles. The molecule has 4 aromatic rings. The molecular formula is C20H16BrF3N6O. The van der Waals surface area contributed by atoms with Gasteiger partial charge in [-0.3, -0.25) is 4.79 Å². The predicted molar refractivity (Wildman–Crippen MR) is 110 cm³/mol. The van der Waals surface area contributed by atoms with Gasteiger partial charge in [0.15, 0.2) is 17.0 Å². The summed E-state index contributed by atoms with van der Waals surface area (Å²) in [7, 11) is 0. The number of carbonyl (C=O) groups excluding carboxylic acids is 1. The maximum absolute atomic E-state index is 13.7. The van der Waals surface area contributed by atoms with Crippen molar-refractivity contribution >= 4 is 27.5 Å². The molecule has 1 amide bonds. The number of aromatic nitrogens is 5. The molecule has 0 spiro atoms. The van der Waals surface area contributed by atoms with E-state index in [1.807, 2.05) is 4.57 Å². The first-order valence-electron chi connectivity index (χ1n) is 9.30. The van der Waals surface area contributed by atoms with E-state index in [-0.39, 0.29) is 21.5 Å². The summed E-state index contributed by atoms with van der Waals surface area (Å²) < 4.78 is 43.8. The minimum atomic E-state index is -4.69. The summed E-state index contributed by atoms with van der Waals surface area (Å²) in [6, 6.07) is 9.44. The van der Waals surface area contributed by atoms with Gasteiger partial charge in [-0.15, -0.1) is 0 Å². The lowest BCUT2D eigenvalue weighted by Gasteiger charge is -2.11. The predicted octanol–water partition coefficient (Wildman–Crippen LogP) is 4.19. The Labute approximate surface area is 183 Å². The van der Waals surface area contributed by atoms with Crippen LogP contribution in [-0.4, -0.2) is 36.6 Å². The number of nitrogens with one attached hydrogen (secondary N) is 1. The molecule has 0 saturated carbocycles. The van der Waals surface area contributed by atoms with E-state index in [1.54, 1.807) is 49.1 Å². The fourth-order valence-corrected chi connectivity index (χ4v) is 3.58. The largest absolute Gasteiger partial charge is 0.433 e. The van der Waals surface area contributed by atoms with E-state index in [1.165, 1.54) is 0 Å². The van der Waals surface area contributed by atoms with E-state index in [0.29, 0.717) is 29.6 Å². The van der Waals surface area contributed by atoms with Gasteiger partial charge in [0.25, 0.3) is 5.91 Å². The summed E-state index contributed by atoms with van der Waals surface area (Å²) in [6.07, 6.45) is 1.05. The minimum absolute atomic E-state index is 0.0859. The molecule has 7 nitrogen and oxygen atoms in total. The summed E-state index contributed by atoms with van der Waals surface area (Å²) in [5.74, 6) is -0.586. The number of rotatable bonds is 6. The van der Waals surface area contributed by atoms with E-state index in [9.17, 15) is 18.0 Å². The van der Waals surface area contributed by atoms with Crippen LogP contribution in [0, 0.1) is 0 Å². The highest BCUT2D eigenvalue weighted by Gasteiger charge is 2.36. The van der Waals surface area contributed by atoms with Crippen molar-refractivity contribution in [2.45, 2.75) is 19.1 Å². The van der Waals surface area contributed by atoms with Crippen LogP contribution < -0.4 is 5.32 Å². The molecule has 0 fully saturated rings. The Hall–Kier alpha value is -3.21. The van der Waals surface area contributed by atoms with Crippen molar-refractivity contribution in [3.63, 3.8) is 0 Å². The first-order valence-corrected chi connectivity index (χ1v) is 10.1. The summed E-state index contributed by atoms with van der Waals surface area (Å²) in [5.41, 5.74) is -0.610. The molecule has 0 radical (unpaired) electrons. The number of benzene rings is 1. The van der Waals surface area contributed by atoms with Crippen molar-refractivity contribution in [3.05, 3.63) is 71.0 Å². The lowest BCUT2D eigenvalue weighted by molar-refractivity contribution is -0.142. The number of hydrogen-bond acceptors (Lipinski definition) is 4. The molecule has 3 heterocycles. The summed E-state index contributed by atoms with van der Waals surface area (Å²) in [5, 5.41) is 6.58. The number of halogens is 4. The van der Waals surface area contributed by atoms with Gasteiger partial charge in [-0.2, -0.15) is 18.3 Å². The van der Waals surface area contributed by atoms with Crippen LogP contribution in [0.5, 0.6) is 0 Å². The molecule has 0 atom stereocenters. The average Bonchev–Trinajstić information content (AvgIpc) is 3.38. The number of hydrogen-bond donors (Lipinski definition) is 1. The maximum atomic E-state index is 13.7. The van der Waals surface area contributed by atoms with E-state index in [4.69, 9.17) is 0 Å². The lowest BCUT2D eigenvalue weighted by Crippen LogP contribution is -2.26. The number of amides is 1. The molecule has 0 saturated heterocycles. The first kappa shape index (κ1) is 21.0. The zero-order valence-electron chi connectivity index (χ0n) is 16.0. The average molecular weight is 493 g/mol. The summed E-state index contributed by atoms with van der Waals surface area (Å²) in [4.78, 5) is 20.8. The number of nitrogens with zero attached hydrogens (tertiary/aromatic N) is 5. The molecule has 160 valence electrons. The van der Waals surface area contributed by atoms with E-state index < -0.39 is 17.8 Å². The van der Waals surface area contributed by atoms with Crippen LogP contribution in [0.2, 0.25) is 0 Å². The highest BCUT2D eigenvalue weighted by molar-refractivity contribution is 9.10. The van der Waals surface area contributed by atoms with E-state index >= 15 is 0 Å². The quantitative estimate of drug-likeness (QED) is 0.409. The Morgan fingerprint density at radius 1 is 1.19 bits per heavy atom. The van der Waals surface area contributed by atoms with Gasteiger partial charge in [-0.05, 0) is 28.4 Å². The summed E-state index contributed by atoms with van der Waals surface area (Å²) >= 11 is 3.21. The highest BCUT2D eigenvalue weighted by atomic mass is 79.9. The second-order valence-electron chi connectivity index (χ2n) is 6.70. The molecule has 0 aliphatic carbocycles. The van der Waals surface area contributed by atoms with E-state index in [2.05, 4.69) is 36.3 Å². The van der Waals surface area contributed by atoms with Crippen molar-refractivity contribution in [2.24, 2.45) is 0 Å². The Kier molecular flexibility index (Phi) is 5.77. The zero-order chi connectivity index (χ0) is 22.0. The molecule has 0 bridgehead atoms. The van der Waals surface area contributed by atoms with Gasteiger partial charge in [0.1, 0.15) is 0 Å². The van der Waals surface area contributed by atoms with Gasteiger partial charge in [-0.25, -0.2) is 14.5 Å². The van der Waals surface area contributed by atoms with Crippen molar-refractivity contribution in [1.29, 1.82) is 0 Å². The number of fused-ring (bicyclic) bond motifs is 1. The Bertz CT molecular complexity index is 1210. The van der Waals surface area contributed by atoms with Gasteiger partial charge >= 0.3 is 6.18 Å². The van der Waals surface area contributed by atoms with Crippen molar-refractivity contribution in [3.8, 4) is 11.3 Å². The van der Waals surface area contributed by atoms with E-state index in [0.717, 1.165) is 6.07 Å². The van der Waals surface area contributed by atoms with Gasteiger partial charge in [-0.1, -0.05) is 30.3 Å². The SMILES string of the molecule is O=C(NCCCn1ccnc1)c1nn2c(C(F)(F)F)cc(-c3ccccc3)nc2c1Br. The number of imidazole rings is 1. The molecule has 1 aromatic carbocycles. The summed E-state index contributed by atoms with van der Waals surface area (Å²) in [6.45, 7) is 0.971. The topological polar surface area (TPSA) is 77.1 Å². The van der Waals surface area contributed by atoms with Crippen molar-refractivity contribution in [1.82, 2.24) is 29.5 Å². The van der Waals surface area contributed by atoms with Crippen LogP contribution in [0.4, 0.5) is 13.2 Å². The molecule has 11 heteroatoms. The highest BCUT2D eigenvalue weighted by Crippen LogP contribution is 2.34. The van der Waals surface area contributed by atoms with Gasteiger partial charge in [0.05, 0.1) is 16.5 Å². The third kappa shape index (κ3) is 4.46. The van der Waals surface area contributed by atoms with Crippen LogP contribution in [0.1, 0.15) is 22.6 Å². The molecule has 4 rings (SSSR count). The normalized spacial score (nSPS) is 11.7. The Morgan fingerprint density at radius 2 is 1.97 bits per heavy atom. The van der Waals surface area contributed by atoms with Crippen LogP contribution in [0.3, 0.4) is 0 Å². The maximum Gasteiger partial charge on any atom is 0.433 e. The minimum Gasteiger partial charge on any atom is -0.351 e. The van der Waals surface area contributed by atoms with Gasteiger partial charge < -0.3 is 9.88 Å². The standard InChI is InChI=1S/C20H16BrF3N6O/c21-16-17(19(31)26-7-4-9-29-10-8-25-12-29)28-30-15(20(22,23)24)11-14(27-18(16)30)13-5-2-1-3-6-13/h1-3,5-6,8,10-12H,4,7,9H2,(H,26,31). The lowest BCUT2D eigenvalue weighted by atomic mass is 10.1. The van der Waals surface area contributed by atoms with Crippen molar-refractivity contribution in [2.75, 3.05) is 6.54 Å². The third-order valence-corrected chi connectivity index (χ3v) is 5.28. The van der Waals surface area contributed by atoms with Crippen LogP contribution in [0.15, 0.2) is 59.6 Å². The number of aryl methyl sites for hydroxylation is 1. The molecule has 1 N–H and O–H groups in total. The Morgan fingerprint density at radius 3 is 2.65 bits per heavy atom. The van der Waals surface area contributed by atoms with Crippen molar-refractivity contribution < 1.29 is 18.0 Å². The molecule has 0 aliphatic rings. The zero-order valence-corrected chi connectivity index (χ0v) is 17.6. The molecule has 31 heavy (non-hydrogen) atoms. The fraction of sp³-hybridized carbons (Fsp3) is 0.200. The van der Waals surface area contributed by atoms with Gasteiger partial charge in [0.2, 0.25) is 0 Å². The monoisotopic (exact) mass is 492 g/mol. The molecule has 3 aromatic heterocycles. The number of carbonyl (C=O) groups is 1. The van der Waals surface area contributed by atoms with Gasteiger partial charge in [0, 0.05) is 31.0 Å². The Balaban J connectivity index is 1.64. The third-order valence-electron chi connectivity index (χ3n) is 4.55. The fourth-order valence-electron chi connectivity index (χ4n) is 3.06. The molecule has 0 unspecified atom stereocenters.